The Hall–Kier alpha value is -0.0600. The summed E-state index contributed by atoms with van der Waals surface area (Å²) >= 11 is 5.33. The average molecular weight is 273 g/mol. The molecule has 2 atom stereocenters. The normalized spacial score (nSPS) is 27.6. The summed E-state index contributed by atoms with van der Waals surface area (Å²) in [5, 5.41) is 3.90. The largest absolute Gasteiger partial charge is 0.298 e. The molecule has 1 aromatic heterocycles. The van der Waals surface area contributed by atoms with Gasteiger partial charge >= 0.3 is 0 Å². The molecule has 76 valence electrons. The summed E-state index contributed by atoms with van der Waals surface area (Å²) in [6.45, 7) is 2.23. The van der Waals surface area contributed by atoms with E-state index in [4.69, 9.17) is 0 Å². The van der Waals surface area contributed by atoms with Crippen molar-refractivity contribution in [2.24, 2.45) is 0 Å². The Kier molecular flexibility index (Phi) is 3.47. The molecule has 4 heteroatoms. The summed E-state index contributed by atoms with van der Waals surface area (Å²) in [4.78, 5) is 4.41. The van der Waals surface area contributed by atoms with Gasteiger partial charge in [-0.25, -0.2) is 0 Å². The van der Waals surface area contributed by atoms with Gasteiger partial charge in [0, 0.05) is 16.7 Å². The maximum absolute atomic E-state index is 4.41. The molecule has 1 aromatic rings. The second-order valence-electron chi connectivity index (χ2n) is 3.51. The summed E-state index contributed by atoms with van der Waals surface area (Å²) in [5.74, 6) is 1.22. The van der Waals surface area contributed by atoms with E-state index in [9.17, 15) is 0 Å². The fraction of sp³-hybridized carbons (Fsp3) is 0.500. The Labute approximate surface area is 97.0 Å². The molecule has 0 amide bonds. The van der Waals surface area contributed by atoms with Crippen LogP contribution in [-0.2, 0) is 0 Å². The number of aromatic nitrogens is 1. The van der Waals surface area contributed by atoms with Gasteiger partial charge < -0.3 is 0 Å². The van der Waals surface area contributed by atoms with Crippen LogP contribution in [0.4, 0.5) is 0 Å². The van der Waals surface area contributed by atoms with E-state index in [-0.39, 0.29) is 0 Å². The highest BCUT2D eigenvalue weighted by Crippen LogP contribution is 2.30. The molecule has 14 heavy (non-hydrogen) atoms. The second-order valence-corrected chi connectivity index (χ2v) is 5.64. The molecule has 2 heterocycles. The van der Waals surface area contributed by atoms with E-state index >= 15 is 0 Å². The molecule has 1 saturated heterocycles. The van der Waals surface area contributed by atoms with Crippen molar-refractivity contribution in [1.82, 2.24) is 10.3 Å². The average Bonchev–Trinajstić information content (AvgIpc) is 2.19. The zero-order valence-electron chi connectivity index (χ0n) is 8.03. The minimum absolute atomic E-state index is 0.367. The minimum atomic E-state index is 0.367. The third-order valence-electron chi connectivity index (χ3n) is 2.29. The van der Waals surface area contributed by atoms with Crippen molar-refractivity contribution < 1.29 is 0 Å². The third kappa shape index (κ3) is 2.49. The summed E-state index contributed by atoms with van der Waals surface area (Å²) in [7, 11) is 0. The highest BCUT2D eigenvalue weighted by Gasteiger charge is 2.20. The van der Waals surface area contributed by atoms with Gasteiger partial charge in [-0.1, -0.05) is 0 Å². The lowest BCUT2D eigenvalue weighted by Gasteiger charge is -2.27. The van der Waals surface area contributed by atoms with E-state index in [2.05, 4.69) is 39.2 Å². The maximum atomic E-state index is 4.41. The Bertz CT molecular complexity index is 301. The van der Waals surface area contributed by atoms with Crippen LogP contribution in [0.15, 0.2) is 22.8 Å². The van der Waals surface area contributed by atoms with Crippen molar-refractivity contribution in [1.29, 1.82) is 0 Å². The number of hydrogen-bond donors (Lipinski definition) is 1. The first-order chi connectivity index (χ1) is 6.75. The van der Waals surface area contributed by atoms with Crippen LogP contribution in [0.2, 0.25) is 0 Å². The van der Waals surface area contributed by atoms with Gasteiger partial charge in [-0.15, -0.1) is 11.8 Å². The van der Waals surface area contributed by atoms with Crippen molar-refractivity contribution in [2.45, 2.75) is 24.8 Å². The van der Waals surface area contributed by atoms with Crippen LogP contribution < -0.4 is 5.32 Å². The number of rotatable bonds is 1. The molecule has 2 unspecified atom stereocenters. The number of thioether (sulfide) groups is 1. The van der Waals surface area contributed by atoms with Crippen molar-refractivity contribution in [3.05, 3.63) is 28.5 Å². The van der Waals surface area contributed by atoms with Gasteiger partial charge in [0.15, 0.2) is 0 Å². The number of hydrogen-bond acceptors (Lipinski definition) is 3. The Morgan fingerprint density at radius 3 is 3.07 bits per heavy atom. The van der Waals surface area contributed by atoms with Crippen molar-refractivity contribution in [3.8, 4) is 0 Å². The quantitative estimate of drug-likeness (QED) is 0.851. The lowest BCUT2D eigenvalue weighted by atomic mass is 10.2. The molecule has 0 bridgehead atoms. The van der Waals surface area contributed by atoms with Crippen molar-refractivity contribution >= 4 is 27.7 Å². The van der Waals surface area contributed by atoms with E-state index in [1.807, 2.05) is 24.0 Å². The standard InChI is InChI=1S/C10H13BrN2S/c1-7-4-5-14-10(13-7)9-3-2-8(11)6-12-9/h2-3,6-7,10,13H,4-5H2,1H3. The Morgan fingerprint density at radius 2 is 2.43 bits per heavy atom. The Morgan fingerprint density at radius 1 is 1.57 bits per heavy atom. The third-order valence-corrected chi connectivity index (χ3v) is 3.94. The zero-order chi connectivity index (χ0) is 9.97. The predicted octanol–water partition coefficient (Wildman–Crippen LogP) is 2.96. The fourth-order valence-corrected chi connectivity index (χ4v) is 3.06. The van der Waals surface area contributed by atoms with Gasteiger partial charge in [-0.2, -0.15) is 0 Å². The lowest BCUT2D eigenvalue weighted by molar-refractivity contribution is 0.506. The smallest absolute Gasteiger partial charge is 0.0964 e. The van der Waals surface area contributed by atoms with E-state index < -0.39 is 0 Å². The highest BCUT2D eigenvalue weighted by atomic mass is 79.9. The molecule has 0 aromatic carbocycles. The fourth-order valence-electron chi connectivity index (χ4n) is 1.47. The van der Waals surface area contributed by atoms with Crippen LogP contribution >= 0.6 is 27.7 Å². The molecular formula is C10H13BrN2S. The van der Waals surface area contributed by atoms with Crippen LogP contribution in [0.5, 0.6) is 0 Å². The lowest BCUT2D eigenvalue weighted by Crippen LogP contribution is -2.33. The minimum Gasteiger partial charge on any atom is -0.298 e. The van der Waals surface area contributed by atoms with Gasteiger partial charge in [0.05, 0.1) is 11.1 Å². The van der Waals surface area contributed by atoms with Gasteiger partial charge in [0.2, 0.25) is 0 Å². The molecule has 1 aliphatic rings. The van der Waals surface area contributed by atoms with E-state index in [0.717, 1.165) is 10.2 Å². The van der Waals surface area contributed by atoms with Crippen LogP contribution in [0.25, 0.3) is 0 Å². The second kappa shape index (κ2) is 4.64. The van der Waals surface area contributed by atoms with Gasteiger partial charge in [-0.05, 0) is 47.2 Å². The molecule has 0 aliphatic carbocycles. The first-order valence-corrected chi connectivity index (χ1v) is 6.59. The molecule has 0 spiro atoms. The predicted molar refractivity (Wildman–Crippen MR) is 64.4 cm³/mol. The summed E-state index contributed by atoms with van der Waals surface area (Å²) in [5.41, 5.74) is 1.13. The summed E-state index contributed by atoms with van der Waals surface area (Å²) < 4.78 is 1.04. The molecular weight excluding hydrogens is 260 g/mol. The highest BCUT2D eigenvalue weighted by molar-refractivity contribution is 9.10. The summed E-state index contributed by atoms with van der Waals surface area (Å²) in [6.07, 6.45) is 3.11. The number of pyridine rings is 1. The van der Waals surface area contributed by atoms with Gasteiger partial charge in [0.1, 0.15) is 0 Å². The first kappa shape index (κ1) is 10.5. The number of nitrogens with zero attached hydrogens (tertiary/aromatic N) is 1. The monoisotopic (exact) mass is 272 g/mol. The van der Waals surface area contributed by atoms with Crippen LogP contribution in [0, 0.1) is 0 Å². The topological polar surface area (TPSA) is 24.9 Å². The molecule has 1 fully saturated rings. The van der Waals surface area contributed by atoms with Gasteiger partial charge in [-0.3, -0.25) is 10.3 Å². The Balaban J connectivity index is 2.10. The maximum Gasteiger partial charge on any atom is 0.0964 e. The summed E-state index contributed by atoms with van der Waals surface area (Å²) in [6, 6.07) is 4.73. The van der Waals surface area contributed by atoms with E-state index in [1.54, 1.807) is 0 Å². The SMILES string of the molecule is CC1CCSC(c2ccc(Br)cn2)N1. The first-order valence-electron chi connectivity index (χ1n) is 4.75. The molecule has 0 saturated carbocycles. The van der Waals surface area contributed by atoms with E-state index in [1.165, 1.54) is 12.2 Å². The van der Waals surface area contributed by atoms with Crippen molar-refractivity contribution in [2.75, 3.05) is 5.75 Å². The number of halogens is 1. The molecule has 1 aliphatic heterocycles. The molecule has 1 N–H and O–H groups in total. The van der Waals surface area contributed by atoms with Crippen molar-refractivity contribution in [3.63, 3.8) is 0 Å². The molecule has 2 rings (SSSR count). The zero-order valence-corrected chi connectivity index (χ0v) is 10.4. The molecule has 0 radical (unpaired) electrons. The van der Waals surface area contributed by atoms with Crippen LogP contribution in [0.3, 0.4) is 0 Å². The van der Waals surface area contributed by atoms with Crippen LogP contribution in [0.1, 0.15) is 24.4 Å². The number of nitrogens with one attached hydrogen (secondary N) is 1. The van der Waals surface area contributed by atoms with Crippen LogP contribution in [-0.4, -0.2) is 16.8 Å². The molecule has 2 nitrogen and oxygen atoms in total. The van der Waals surface area contributed by atoms with E-state index in [0.29, 0.717) is 11.4 Å². The van der Waals surface area contributed by atoms with Gasteiger partial charge in [0.25, 0.3) is 0 Å².